The summed E-state index contributed by atoms with van der Waals surface area (Å²) in [6, 6.07) is 0.946. The minimum atomic E-state index is -4.17. The van der Waals surface area contributed by atoms with Crippen LogP contribution in [0.5, 0.6) is 0 Å². The molecule has 1 aromatic heterocycles. The molecular weight excluding hydrogens is 279 g/mol. The smallest absolute Gasteiger partial charge is 0.327 e. The van der Waals surface area contributed by atoms with Gasteiger partial charge in [-0.15, -0.1) is 11.3 Å². The molecule has 0 spiro atoms. The van der Waals surface area contributed by atoms with Crippen molar-refractivity contribution in [2.45, 2.75) is 25.1 Å². The third kappa shape index (κ3) is 4.43. The lowest BCUT2D eigenvalue weighted by Crippen LogP contribution is -2.29. The van der Waals surface area contributed by atoms with Crippen LogP contribution in [0, 0.1) is 0 Å². The molecule has 0 aromatic carbocycles. The highest BCUT2D eigenvalue weighted by Gasteiger charge is 2.30. The minimum absolute atomic E-state index is 0.274. The van der Waals surface area contributed by atoms with E-state index in [1.54, 1.807) is 6.07 Å². The second-order valence-electron chi connectivity index (χ2n) is 3.01. The highest BCUT2D eigenvalue weighted by molar-refractivity contribution is 9.10. The predicted octanol–water partition coefficient (Wildman–Crippen LogP) is 3.33. The van der Waals surface area contributed by atoms with Crippen LogP contribution in [0.25, 0.3) is 0 Å². The monoisotopic (exact) mass is 287 g/mol. The maximum Gasteiger partial charge on any atom is 0.390 e. The highest BCUT2D eigenvalue weighted by Crippen LogP contribution is 2.25. The van der Waals surface area contributed by atoms with Crippen LogP contribution in [0.4, 0.5) is 13.2 Å². The summed E-state index contributed by atoms with van der Waals surface area (Å²) >= 11 is 4.64. The maximum atomic E-state index is 11.9. The number of nitrogens with two attached hydrogens (primary N) is 1. The van der Waals surface area contributed by atoms with E-state index in [4.69, 9.17) is 5.73 Å². The molecule has 1 rings (SSSR count). The molecule has 0 saturated carbocycles. The van der Waals surface area contributed by atoms with Gasteiger partial charge in [0, 0.05) is 20.8 Å². The summed E-state index contributed by atoms with van der Waals surface area (Å²) in [5.41, 5.74) is 5.37. The quantitative estimate of drug-likeness (QED) is 0.907. The fourth-order valence-electron chi connectivity index (χ4n) is 1.09. The van der Waals surface area contributed by atoms with Crippen molar-refractivity contribution in [1.82, 2.24) is 0 Å². The Morgan fingerprint density at radius 1 is 1.50 bits per heavy atom. The van der Waals surface area contributed by atoms with Crippen molar-refractivity contribution in [2.24, 2.45) is 5.73 Å². The molecule has 0 aliphatic carbocycles. The summed E-state index contributed by atoms with van der Waals surface area (Å²) in [4.78, 5) is 0.869. The van der Waals surface area contributed by atoms with Gasteiger partial charge >= 0.3 is 6.18 Å². The number of halogens is 4. The molecule has 1 aromatic rings. The molecule has 6 heteroatoms. The third-order valence-corrected chi connectivity index (χ3v) is 3.30. The molecule has 0 saturated heterocycles. The Morgan fingerprint density at radius 2 is 2.14 bits per heavy atom. The summed E-state index contributed by atoms with van der Waals surface area (Å²) in [6.07, 6.45) is -4.83. The van der Waals surface area contributed by atoms with Gasteiger partial charge in [0.05, 0.1) is 6.42 Å². The topological polar surface area (TPSA) is 26.0 Å². The second-order valence-corrected chi connectivity index (χ2v) is 4.93. The van der Waals surface area contributed by atoms with Gasteiger partial charge in [0.15, 0.2) is 0 Å². The lowest BCUT2D eigenvalue weighted by atomic mass is 10.1. The molecule has 0 amide bonds. The zero-order valence-corrected chi connectivity index (χ0v) is 9.55. The van der Waals surface area contributed by atoms with Gasteiger partial charge in [0.2, 0.25) is 0 Å². The molecule has 0 bridgehead atoms. The molecule has 0 aliphatic heterocycles. The Hall–Kier alpha value is -0.0700. The maximum absolute atomic E-state index is 11.9. The fourth-order valence-corrected chi connectivity index (χ4v) is 2.63. The van der Waals surface area contributed by atoms with E-state index in [0.29, 0.717) is 0 Å². The van der Waals surface area contributed by atoms with Crippen LogP contribution >= 0.6 is 27.3 Å². The number of alkyl halides is 3. The third-order valence-electron chi connectivity index (χ3n) is 1.58. The molecule has 1 atom stereocenters. The zero-order valence-electron chi connectivity index (χ0n) is 7.14. The highest BCUT2D eigenvalue weighted by atomic mass is 79.9. The van der Waals surface area contributed by atoms with E-state index in [-0.39, 0.29) is 6.42 Å². The molecule has 1 nitrogen and oxygen atoms in total. The summed E-state index contributed by atoms with van der Waals surface area (Å²) in [6.45, 7) is 0. The summed E-state index contributed by atoms with van der Waals surface area (Å²) in [7, 11) is 0. The first-order valence-corrected chi connectivity index (χ1v) is 5.59. The Labute approximate surface area is 92.2 Å². The van der Waals surface area contributed by atoms with Gasteiger partial charge in [-0.3, -0.25) is 0 Å². The second kappa shape index (κ2) is 4.63. The molecule has 80 valence electrons. The molecule has 2 N–H and O–H groups in total. The van der Waals surface area contributed by atoms with E-state index < -0.39 is 18.6 Å². The summed E-state index contributed by atoms with van der Waals surface area (Å²) in [5.74, 6) is 0. The first-order valence-electron chi connectivity index (χ1n) is 3.92. The van der Waals surface area contributed by atoms with Gasteiger partial charge in [-0.1, -0.05) is 0 Å². The van der Waals surface area contributed by atoms with Crippen LogP contribution in [0.2, 0.25) is 0 Å². The Morgan fingerprint density at radius 3 is 2.57 bits per heavy atom. The van der Waals surface area contributed by atoms with Crippen molar-refractivity contribution >= 4 is 27.3 Å². The predicted molar refractivity (Wildman–Crippen MR) is 54.4 cm³/mol. The Kier molecular flexibility index (Phi) is 3.97. The Balaban J connectivity index is 2.45. The summed E-state index contributed by atoms with van der Waals surface area (Å²) in [5, 5.41) is 1.83. The van der Waals surface area contributed by atoms with Crippen LogP contribution in [0.3, 0.4) is 0 Å². The number of hydrogen-bond acceptors (Lipinski definition) is 2. The van der Waals surface area contributed by atoms with Gasteiger partial charge in [-0.05, 0) is 28.4 Å². The van der Waals surface area contributed by atoms with Crippen LogP contribution in [-0.2, 0) is 6.42 Å². The minimum Gasteiger partial charge on any atom is -0.327 e. The van der Waals surface area contributed by atoms with E-state index in [0.717, 1.165) is 9.35 Å². The van der Waals surface area contributed by atoms with Crippen molar-refractivity contribution in [2.75, 3.05) is 0 Å². The normalized spacial score (nSPS) is 14.4. The van der Waals surface area contributed by atoms with Gasteiger partial charge < -0.3 is 5.73 Å². The molecule has 1 heterocycles. The lowest BCUT2D eigenvalue weighted by molar-refractivity contribution is -0.138. The van der Waals surface area contributed by atoms with Crippen LogP contribution < -0.4 is 5.73 Å². The Bertz CT molecular complexity index is 297. The summed E-state index contributed by atoms with van der Waals surface area (Å²) < 4.78 is 36.7. The van der Waals surface area contributed by atoms with E-state index in [2.05, 4.69) is 15.9 Å². The van der Waals surface area contributed by atoms with Crippen molar-refractivity contribution in [3.05, 3.63) is 20.8 Å². The molecule has 0 fully saturated rings. The van der Waals surface area contributed by atoms with Crippen molar-refractivity contribution in [3.63, 3.8) is 0 Å². The zero-order chi connectivity index (χ0) is 10.8. The van der Waals surface area contributed by atoms with E-state index in [1.165, 1.54) is 11.3 Å². The van der Waals surface area contributed by atoms with Crippen molar-refractivity contribution in [1.29, 1.82) is 0 Å². The molecule has 1 unspecified atom stereocenters. The average molecular weight is 288 g/mol. The molecule has 0 radical (unpaired) electrons. The number of thiophene rings is 1. The molecule has 0 aliphatic rings. The fraction of sp³-hybridized carbons (Fsp3) is 0.500. The number of rotatable bonds is 3. The van der Waals surface area contributed by atoms with Crippen molar-refractivity contribution < 1.29 is 13.2 Å². The molecular formula is C8H9BrF3NS. The molecule has 14 heavy (non-hydrogen) atoms. The largest absolute Gasteiger partial charge is 0.390 e. The van der Waals surface area contributed by atoms with Crippen LogP contribution in [0.1, 0.15) is 11.3 Å². The van der Waals surface area contributed by atoms with Gasteiger partial charge in [-0.2, -0.15) is 13.2 Å². The first kappa shape index (κ1) is 12.0. The standard InChI is InChI=1S/C8H9BrF3NS/c9-5-1-7(14-4-5)2-6(13)3-8(10,11)12/h1,4,6H,2-3,13H2. The van der Waals surface area contributed by atoms with E-state index in [1.807, 2.05) is 5.38 Å². The lowest BCUT2D eigenvalue weighted by Gasteiger charge is -2.12. The first-order chi connectivity index (χ1) is 6.37. The van der Waals surface area contributed by atoms with E-state index >= 15 is 0 Å². The van der Waals surface area contributed by atoms with Crippen molar-refractivity contribution in [3.8, 4) is 0 Å². The van der Waals surface area contributed by atoms with Gasteiger partial charge in [0.25, 0.3) is 0 Å². The van der Waals surface area contributed by atoms with Crippen LogP contribution in [-0.4, -0.2) is 12.2 Å². The van der Waals surface area contributed by atoms with E-state index in [9.17, 15) is 13.2 Å². The van der Waals surface area contributed by atoms with Gasteiger partial charge in [0.1, 0.15) is 0 Å². The average Bonchev–Trinajstić information content (AvgIpc) is 2.30. The SMILES string of the molecule is NC(Cc1cc(Br)cs1)CC(F)(F)F. The van der Waals surface area contributed by atoms with Crippen LogP contribution in [0.15, 0.2) is 15.9 Å². The number of hydrogen-bond donors (Lipinski definition) is 1. The van der Waals surface area contributed by atoms with Gasteiger partial charge in [-0.25, -0.2) is 0 Å².